The molecule has 1 aliphatic rings. The third-order valence-electron chi connectivity index (χ3n) is 3.14. The smallest absolute Gasteiger partial charge is 0.166 e. The van der Waals surface area contributed by atoms with Crippen LogP contribution in [-0.2, 0) is 6.42 Å². The summed E-state index contributed by atoms with van der Waals surface area (Å²) in [6.07, 6.45) is 3.87. The molecule has 5 heteroatoms. The molecule has 0 saturated carbocycles. The molecule has 0 radical (unpaired) electrons. The Morgan fingerprint density at radius 2 is 1.89 bits per heavy atom. The molecule has 0 atom stereocenters. The molecule has 0 bridgehead atoms. The number of fused-ring (bicyclic) bond motifs is 1. The van der Waals surface area contributed by atoms with Crippen LogP contribution in [0.5, 0.6) is 0 Å². The van der Waals surface area contributed by atoms with Crippen LogP contribution in [0.3, 0.4) is 0 Å². The molecule has 3 rings (SSSR count). The van der Waals surface area contributed by atoms with Gasteiger partial charge in [0.1, 0.15) is 5.69 Å². The maximum atomic E-state index is 11.8. The van der Waals surface area contributed by atoms with Gasteiger partial charge in [-0.2, -0.15) is 5.10 Å². The van der Waals surface area contributed by atoms with Crippen molar-refractivity contribution in [3.05, 3.63) is 45.7 Å². The normalized spacial score (nSPS) is 14.7. The van der Waals surface area contributed by atoms with Crippen molar-refractivity contribution in [3.63, 3.8) is 0 Å². The highest BCUT2D eigenvalue weighted by atomic mass is 35.5. The van der Waals surface area contributed by atoms with E-state index >= 15 is 0 Å². The van der Waals surface area contributed by atoms with Crippen molar-refractivity contribution in [1.82, 2.24) is 9.78 Å². The summed E-state index contributed by atoms with van der Waals surface area (Å²) >= 11 is 12.3. The summed E-state index contributed by atoms with van der Waals surface area (Å²) in [5.41, 5.74) is 2.25. The zero-order valence-corrected chi connectivity index (χ0v) is 11.0. The molecule has 2 aromatic rings. The molecule has 18 heavy (non-hydrogen) atoms. The van der Waals surface area contributed by atoms with Crippen LogP contribution in [0, 0.1) is 0 Å². The topological polar surface area (TPSA) is 34.9 Å². The maximum absolute atomic E-state index is 11.8. The van der Waals surface area contributed by atoms with Crippen molar-refractivity contribution in [2.45, 2.75) is 19.3 Å². The second kappa shape index (κ2) is 4.41. The number of hydrogen-bond donors (Lipinski definition) is 0. The number of nitrogens with zero attached hydrogens (tertiary/aromatic N) is 2. The second-order valence-corrected chi connectivity index (χ2v) is 5.08. The van der Waals surface area contributed by atoms with E-state index in [9.17, 15) is 4.79 Å². The molecular formula is C13H10Cl2N2O. The molecule has 92 valence electrons. The van der Waals surface area contributed by atoms with Crippen LogP contribution in [0.25, 0.3) is 5.69 Å². The van der Waals surface area contributed by atoms with Gasteiger partial charge < -0.3 is 0 Å². The van der Waals surface area contributed by atoms with E-state index in [0.29, 0.717) is 27.7 Å². The van der Waals surface area contributed by atoms with Gasteiger partial charge in [0.25, 0.3) is 0 Å². The van der Waals surface area contributed by atoms with Crippen molar-refractivity contribution in [2.24, 2.45) is 0 Å². The van der Waals surface area contributed by atoms with Crippen LogP contribution in [0.15, 0.2) is 24.4 Å². The Balaban J connectivity index is 2.22. The van der Waals surface area contributed by atoms with Gasteiger partial charge in [-0.3, -0.25) is 4.79 Å². The molecule has 0 saturated heterocycles. The van der Waals surface area contributed by atoms with E-state index in [-0.39, 0.29) is 5.78 Å². The second-order valence-electron chi connectivity index (χ2n) is 4.26. The molecule has 0 amide bonds. The molecule has 1 aliphatic carbocycles. The average molecular weight is 281 g/mol. The fourth-order valence-corrected chi connectivity index (χ4v) is 2.84. The van der Waals surface area contributed by atoms with Gasteiger partial charge in [-0.15, -0.1) is 0 Å². The summed E-state index contributed by atoms with van der Waals surface area (Å²) in [6.45, 7) is 0. The highest BCUT2D eigenvalue weighted by Gasteiger charge is 2.23. The van der Waals surface area contributed by atoms with E-state index in [4.69, 9.17) is 23.2 Å². The lowest BCUT2D eigenvalue weighted by molar-refractivity contribution is 0.0972. The van der Waals surface area contributed by atoms with E-state index in [1.54, 1.807) is 29.1 Å². The number of hydrogen-bond acceptors (Lipinski definition) is 2. The summed E-state index contributed by atoms with van der Waals surface area (Å²) < 4.78 is 1.69. The van der Waals surface area contributed by atoms with Gasteiger partial charge in [0.2, 0.25) is 0 Å². The quantitative estimate of drug-likeness (QED) is 0.798. The summed E-state index contributed by atoms with van der Waals surface area (Å²) in [5, 5.41) is 5.33. The first-order valence-electron chi connectivity index (χ1n) is 5.73. The number of carbonyl (C=O) groups excluding carboxylic acids is 1. The van der Waals surface area contributed by atoms with Crippen LogP contribution in [0.4, 0.5) is 0 Å². The minimum atomic E-state index is 0.144. The van der Waals surface area contributed by atoms with Gasteiger partial charge in [-0.1, -0.05) is 29.3 Å². The van der Waals surface area contributed by atoms with Crippen LogP contribution < -0.4 is 0 Å². The lowest BCUT2D eigenvalue weighted by atomic mass is 9.97. The molecule has 1 aromatic carbocycles. The predicted octanol–water partition coefficient (Wildman–Crippen LogP) is 3.70. The number of carbonyl (C=O) groups is 1. The summed E-state index contributed by atoms with van der Waals surface area (Å²) in [5.74, 6) is 0.144. The Morgan fingerprint density at radius 3 is 2.61 bits per heavy atom. The van der Waals surface area contributed by atoms with Crippen molar-refractivity contribution in [3.8, 4) is 5.69 Å². The highest BCUT2D eigenvalue weighted by Crippen LogP contribution is 2.31. The molecule has 1 aromatic heterocycles. The zero-order chi connectivity index (χ0) is 12.7. The largest absolute Gasteiger partial charge is 0.294 e. The molecular weight excluding hydrogens is 271 g/mol. The first-order valence-corrected chi connectivity index (χ1v) is 6.48. The van der Waals surface area contributed by atoms with Crippen LogP contribution in [0.2, 0.25) is 10.0 Å². The molecule has 0 fully saturated rings. The fourth-order valence-electron chi connectivity index (χ4n) is 2.28. The SMILES string of the molecule is O=C1CCCc2c1cnn2-c1c(Cl)cccc1Cl. The molecule has 0 N–H and O–H groups in total. The summed E-state index contributed by atoms with van der Waals surface area (Å²) in [7, 11) is 0. The van der Waals surface area contributed by atoms with Gasteiger partial charge in [0, 0.05) is 6.42 Å². The number of rotatable bonds is 1. The zero-order valence-electron chi connectivity index (χ0n) is 9.49. The molecule has 3 nitrogen and oxygen atoms in total. The Labute approximate surface area is 114 Å². The van der Waals surface area contributed by atoms with Crippen LogP contribution in [0.1, 0.15) is 28.9 Å². The number of Topliss-reactive ketones (excluding diaryl/α,β-unsaturated/α-hetero) is 1. The van der Waals surface area contributed by atoms with Crippen molar-refractivity contribution in [1.29, 1.82) is 0 Å². The first-order chi connectivity index (χ1) is 8.68. The molecule has 0 spiro atoms. The summed E-state index contributed by atoms with van der Waals surface area (Å²) in [4.78, 5) is 11.8. The lowest BCUT2D eigenvalue weighted by Crippen LogP contribution is -2.13. The van der Waals surface area contributed by atoms with Gasteiger partial charge in [-0.25, -0.2) is 4.68 Å². The minimum absolute atomic E-state index is 0.144. The molecule has 0 unspecified atom stereocenters. The number of aromatic nitrogens is 2. The van der Waals surface area contributed by atoms with Crippen LogP contribution >= 0.6 is 23.2 Å². The van der Waals surface area contributed by atoms with E-state index in [1.807, 2.05) is 0 Å². The number of benzene rings is 1. The minimum Gasteiger partial charge on any atom is -0.294 e. The maximum Gasteiger partial charge on any atom is 0.166 e. The van der Waals surface area contributed by atoms with Crippen molar-refractivity contribution in [2.75, 3.05) is 0 Å². The number of halogens is 2. The Kier molecular flexibility index (Phi) is 2.88. The fraction of sp³-hybridized carbons (Fsp3) is 0.231. The first kappa shape index (κ1) is 11.8. The summed E-state index contributed by atoms with van der Waals surface area (Å²) in [6, 6.07) is 5.32. The van der Waals surface area contributed by atoms with Gasteiger partial charge in [0.05, 0.1) is 27.5 Å². The predicted molar refractivity (Wildman–Crippen MR) is 70.9 cm³/mol. The monoisotopic (exact) mass is 280 g/mol. The third kappa shape index (κ3) is 1.74. The highest BCUT2D eigenvalue weighted by molar-refractivity contribution is 6.37. The van der Waals surface area contributed by atoms with Crippen molar-refractivity contribution >= 4 is 29.0 Å². The number of ketones is 1. The van der Waals surface area contributed by atoms with E-state index in [2.05, 4.69) is 5.10 Å². The molecule has 1 heterocycles. The third-order valence-corrected chi connectivity index (χ3v) is 3.75. The van der Waals surface area contributed by atoms with Gasteiger partial charge in [0.15, 0.2) is 5.78 Å². The van der Waals surface area contributed by atoms with E-state index in [1.165, 1.54) is 0 Å². The average Bonchev–Trinajstić information content (AvgIpc) is 2.75. The molecule has 0 aliphatic heterocycles. The van der Waals surface area contributed by atoms with Gasteiger partial charge in [-0.05, 0) is 25.0 Å². The Bertz CT molecular complexity index is 614. The Morgan fingerprint density at radius 1 is 1.17 bits per heavy atom. The lowest BCUT2D eigenvalue weighted by Gasteiger charge is -2.14. The standard InChI is InChI=1S/C13H10Cl2N2O/c14-9-3-1-4-10(15)13(9)17-11-5-2-6-12(18)8(11)7-16-17/h1,3-4,7H,2,5-6H2. The number of para-hydroxylation sites is 1. The van der Waals surface area contributed by atoms with E-state index in [0.717, 1.165) is 18.5 Å². The Hall–Kier alpha value is -1.32. The van der Waals surface area contributed by atoms with Gasteiger partial charge >= 0.3 is 0 Å². The van der Waals surface area contributed by atoms with E-state index < -0.39 is 0 Å². The van der Waals surface area contributed by atoms with Crippen molar-refractivity contribution < 1.29 is 4.79 Å². The van der Waals surface area contributed by atoms with Crippen LogP contribution in [-0.4, -0.2) is 15.6 Å².